The third-order valence-electron chi connectivity index (χ3n) is 7.61. The lowest BCUT2D eigenvalue weighted by molar-refractivity contribution is 0.619. The maximum atomic E-state index is 6.01. The molecule has 4 heterocycles. The number of anilines is 3. The van der Waals surface area contributed by atoms with E-state index in [4.69, 9.17) is 22.3 Å². The maximum absolute atomic E-state index is 6.01. The van der Waals surface area contributed by atoms with E-state index in [-0.39, 0.29) is 0 Å². The molecule has 4 aromatic rings. The highest BCUT2D eigenvalue weighted by Crippen LogP contribution is 2.43. The Morgan fingerprint density at radius 3 is 2.61 bits per heavy atom. The van der Waals surface area contributed by atoms with Gasteiger partial charge in [-0.25, -0.2) is 14.7 Å². The topological polar surface area (TPSA) is 61.6 Å². The van der Waals surface area contributed by atoms with Crippen molar-refractivity contribution in [2.24, 2.45) is 4.99 Å². The summed E-state index contributed by atoms with van der Waals surface area (Å²) in [5, 5.41) is 9.53. The van der Waals surface area contributed by atoms with Crippen molar-refractivity contribution < 1.29 is 0 Å². The molecule has 3 aliphatic rings. The van der Waals surface area contributed by atoms with Crippen molar-refractivity contribution in [1.29, 1.82) is 0 Å². The van der Waals surface area contributed by atoms with E-state index in [2.05, 4.69) is 69.1 Å². The molecule has 1 aliphatic carbocycles. The van der Waals surface area contributed by atoms with Crippen LogP contribution in [0.5, 0.6) is 0 Å². The molecule has 0 bridgehead atoms. The molecule has 1 saturated carbocycles. The zero-order valence-electron chi connectivity index (χ0n) is 21.0. The number of guanidine groups is 1. The first-order valence-corrected chi connectivity index (χ1v) is 13.8. The lowest BCUT2D eigenvalue weighted by Gasteiger charge is -2.35. The van der Waals surface area contributed by atoms with Crippen molar-refractivity contribution in [2.75, 3.05) is 17.3 Å². The summed E-state index contributed by atoms with van der Waals surface area (Å²) in [6.45, 7) is 0.600. The molecular weight excluding hydrogens is 511 g/mol. The fourth-order valence-corrected chi connectivity index (χ4v) is 6.21. The highest BCUT2D eigenvalue weighted by Gasteiger charge is 2.48. The SMILES string of the molecule is CN1C(=S)c2c(nn(Cc3ccc(-c4cccc(S)n4)cc3)c2Nc2ccccc2)N2C1=N[C@@H]1CCC[C@@H]12. The number of hydrogen-bond donors (Lipinski definition) is 2. The molecule has 7 nitrogen and oxygen atoms in total. The summed E-state index contributed by atoms with van der Waals surface area (Å²) in [5.41, 5.74) is 5.06. The van der Waals surface area contributed by atoms with E-state index in [0.717, 1.165) is 63.5 Å². The molecule has 2 aromatic heterocycles. The van der Waals surface area contributed by atoms with Gasteiger partial charge in [0.25, 0.3) is 0 Å². The number of para-hydroxylation sites is 1. The van der Waals surface area contributed by atoms with Crippen LogP contribution in [0.2, 0.25) is 0 Å². The van der Waals surface area contributed by atoms with Gasteiger partial charge >= 0.3 is 0 Å². The van der Waals surface area contributed by atoms with E-state index < -0.39 is 0 Å². The molecule has 38 heavy (non-hydrogen) atoms. The van der Waals surface area contributed by atoms with Crippen molar-refractivity contribution in [3.8, 4) is 11.3 Å². The van der Waals surface area contributed by atoms with Crippen molar-refractivity contribution in [3.05, 3.63) is 83.9 Å². The van der Waals surface area contributed by atoms with E-state index in [1.54, 1.807) is 0 Å². The first kappa shape index (κ1) is 23.4. The van der Waals surface area contributed by atoms with Gasteiger partial charge < -0.3 is 10.2 Å². The van der Waals surface area contributed by atoms with Gasteiger partial charge in [-0.1, -0.05) is 60.7 Å². The van der Waals surface area contributed by atoms with Crippen LogP contribution in [0.4, 0.5) is 17.3 Å². The largest absolute Gasteiger partial charge is 0.340 e. The second-order valence-corrected chi connectivity index (χ2v) is 10.8. The Labute approximate surface area is 232 Å². The van der Waals surface area contributed by atoms with Crippen LogP contribution in [0.1, 0.15) is 30.4 Å². The van der Waals surface area contributed by atoms with Crippen molar-refractivity contribution >= 4 is 53.1 Å². The Morgan fingerprint density at radius 1 is 1.00 bits per heavy atom. The molecule has 1 fully saturated rings. The number of aromatic nitrogens is 3. The molecule has 2 aliphatic heterocycles. The van der Waals surface area contributed by atoms with Gasteiger partial charge in [0.1, 0.15) is 10.8 Å². The molecule has 1 N–H and O–H groups in total. The standard InChI is InChI=1S/C29H27N7S2/c1-34-28(38)25-26(30-20-7-3-2-4-8-20)35(33-27(25)36-23-11-5-10-22(23)32-29(34)36)17-18-13-15-19(16-14-18)21-9-6-12-24(37)31-21/h2-4,6-9,12-16,22-23,30H,5,10-11,17H2,1H3,(H,31,37)/t22-,23+/m1/s1. The molecule has 0 radical (unpaired) electrons. The van der Waals surface area contributed by atoms with E-state index >= 15 is 0 Å². The fourth-order valence-electron chi connectivity index (χ4n) is 5.74. The van der Waals surface area contributed by atoms with Crippen LogP contribution in [0, 0.1) is 0 Å². The number of aliphatic imine (C=N–C) groups is 1. The summed E-state index contributed by atoms with van der Waals surface area (Å²) >= 11 is 10.4. The Balaban J connectivity index is 1.29. The number of thiocarbonyl (C=S) groups is 1. The van der Waals surface area contributed by atoms with Crippen LogP contribution in [0.3, 0.4) is 0 Å². The lowest BCUT2D eigenvalue weighted by atomic mass is 10.1. The van der Waals surface area contributed by atoms with Crippen LogP contribution in [0.15, 0.2) is 82.8 Å². The molecule has 0 saturated heterocycles. The summed E-state index contributed by atoms with van der Waals surface area (Å²) in [5.74, 6) is 2.74. The third-order valence-corrected chi connectivity index (χ3v) is 8.33. The van der Waals surface area contributed by atoms with E-state index in [9.17, 15) is 0 Å². The second-order valence-electron chi connectivity index (χ2n) is 10.0. The fraction of sp³-hybridized carbons (Fsp3) is 0.241. The van der Waals surface area contributed by atoms with Crippen LogP contribution >= 0.6 is 24.8 Å². The van der Waals surface area contributed by atoms with Crippen molar-refractivity contribution in [3.63, 3.8) is 0 Å². The molecule has 7 rings (SSSR count). The molecule has 0 amide bonds. The normalized spacial score (nSPS) is 19.7. The average molecular weight is 538 g/mol. The molecule has 2 aromatic carbocycles. The van der Waals surface area contributed by atoms with E-state index in [1.165, 1.54) is 6.42 Å². The molecule has 190 valence electrons. The number of rotatable bonds is 5. The van der Waals surface area contributed by atoms with Gasteiger partial charge in [0.2, 0.25) is 5.96 Å². The molecule has 0 spiro atoms. The van der Waals surface area contributed by atoms with Gasteiger partial charge in [-0.15, -0.1) is 12.6 Å². The smallest absolute Gasteiger partial charge is 0.208 e. The van der Waals surface area contributed by atoms with E-state index in [1.807, 2.05) is 48.1 Å². The molecular formula is C29H27N7S2. The second kappa shape index (κ2) is 9.25. The lowest BCUT2D eigenvalue weighted by Crippen LogP contribution is -2.51. The van der Waals surface area contributed by atoms with Crippen molar-refractivity contribution in [1.82, 2.24) is 19.7 Å². The summed E-state index contributed by atoms with van der Waals surface area (Å²) < 4.78 is 2.05. The number of hydrogen-bond acceptors (Lipinski definition) is 7. The van der Waals surface area contributed by atoms with Gasteiger partial charge in [0.15, 0.2) is 5.82 Å². The first-order valence-electron chi connectivity index (χ1n) is 12.9. The summed E-state index contributed by atoms with van der Waals surface area (Å²) in [6.07, 6.45) is 3.43. The number of nitrogens with zero attached hydrogens (tertiary/aromatic N) is 6. The first-order chi connectivity index (χ1) is 18.6. The van der Waals surface area contributed by atoms with Gasteiger partial charge in [-0.2, -0.15) is 5.10 Å². The van der Waals surface area contributed by atoms with E-state index in [0.29, 0.717) is 23.7 Å². The monoisotopic (exact) mass is 537 g/mol. The molecule has 0 unspecified atom stereocenters. The molecule has 9 heteroatoms. The Morgan fingerprint density at radius 2 is 1.82 bits per heavy atom. The minimum atomic E-state index is 0.314. The van der Waals surface area contributed by atoms with Crippen LogP contribution in [0.25, 0.3) is 11.3 Å². The van der Waals surface area contributed by atoms with Crippen LogP contribution in [-0.2, 0) is 6.54 Å². The van der Waals surface area contributed by atoms with Crippen LogP contribution < -0.4 is 10.2 Å². The highest BCUT2D eigenvalue weighted by atomic mass is 32.1. The predicted molar refractivity (Wildman–Crippen MR) is 159 cm³/mol. The van der Waals surface area contributed by atoms with Crippen LogP contribution in [-0.4, -0.2) is 49.7 Å². The van der Waals surface area contributed by atoms with Gasteiger partial charge in [-0.05, 0) is 49.1 Å². The maximum Gasteiger partial charge on any atom is 0.208 e. The number of pyridine rings is 1. The predicted octanol–water partition coefficient (Wildman–Crippen LogP) is 5.74. The minimum absolute atomic E-state index is 0.314. The number of nitrogens with one attached hydrogen (secondary N) is 1. The zero-order valence-corrected chi connectivity index (χ0v) is 22.7. The van der Waals surface area contributed by atoms with Crippen molar-refractivity contribution in [2.45, 2.75) is 42.9 Å². The Kier molecular flexibility index (Phi) is 5.70. The summed E-state index contributed by atoms with van der Waals surface area (Å²) in [6, 6.07) is 25.2. The number of thiol groups is 1. The summed E-state index contributed by atoms with van der Waals surface area (Å²) in [4.78, 5) is 14.7. The molecule has 2 atom stereocenters. The Hall–Kier alpha value is -3.69. The Bertz CT molecular complexity index is 1560. The summed E-state index contributed by atoms with van der Waals surface area (Å²) in [7, 11) is 2.02. The van der Waals surface area contributed by atoms with Gasteiger partial charge in [-0.3, -0.25) is 4.90 Å². The highest BCUT2D eigenvalue weighted by molar-refractivity contribution is 7.80. The average Bonchev–Trinajstić information content (AvgIpc) is 3.62. The van der Waals surface area contributed by atoms with Gasteiger partial charge in [0, 0.05) is 18.3 Å². The zero-order chi connectivity index (χ0) is 25.8. The quantitative estimate of drug-likeness (QED) is 0.250. The number of benzene rings is 2. The number of fused-ring (bicyclic) bond motifs is 5. The third kappa shape index (κ3) is 3.88. The van der Waals surface area contributed by atoms with Gasteiger partial charge in [0.05, 0.1) is 34.9 Å². The minimum Gasteiger partial charge on any atom is -0.340 e.